The number of aromatic amines is 1. The Balaban J connectivity index is 1.42. The van der Waals surface area contributed by atoms with Crippen molar-refractivity contribution in [1.82, 2.24) is 15.2 Å². The number of aromatic nitrogens is 1. The van der Waals surface area contributed by atoms with Gasteiger partial charge in [0.25, 0.3) is 0 Å². The molecule has 0 amide bonds. The van der Waals surface area contributed by atoms with Gasteiger partial charge in [-0.25, -0.2) is 8.42 Å². The minimum Gasteiger partial charge on any atom is -0.369 e. The predicted octanol–water partition coefficient (Wildman–Crippen LogP) is 1.90. The van der Waals surface area contributed by atoms with E-state index in [0.717, 1.165) is 43.1 Å². The molecule has 0 radical (unpaired) electrons. The van der Waals surface area contributed by atoms with Crippen molar-refractivity contribution >= 4 is 27.0 Å². The quantitative estimate of drug-likeness (QED) is 0.429. The highest BCUT2D eigenvalue weighted by molar-refractivity contribution is 7.90. The van der Waals surface area contributed by atoms with Crippen LogP contribution in [0.4, 0.5) is 11.4 Å². The minimum absolute atomic E-state index is 0.197. The Bertz CT molecular complexity index is 1340. The van der Waals surface area contributed by atoms with Crippen LogP contribution in [0.1, 0.15) is 16.8 Å². The summed E-state index contributed by atoms with van der Waals surface area (Å²) in [5.74, 6) is -0.511. The summed E-state index contributed by atoms with van der Waals surface area (Å²) in [6, 6.07) is 17.1. The van der Waals surface area contributed by atoms with Gasteiger partial charge in [-0.1, -0.05) is 30.3 Å². The zero-order valence-electron chi connectivity index (χ0n) is 20.0. The molecule has 35 heavy (non-hydrogen) atoms. The summed E-state index contributed by atoms with van der Waals surface area (Å²) < 4.78 is 24.4. The molecular weight excluding hydrogens is 462 g/mol. The van der Waals surface area contributed by atoms with Gasteiger partial charge in [-0.2, -0.15) is 0 Å². The molecule has 1 atom stereocenters. The normalized spacial score (nSPS) is 21.9. The summed E-state index contributed by atoms with van der Waals surface area (Å²) >= 11 is 0. The molecular formula is C25H31N7O2S. The Morgan fingerprint density at radius 3 is 2.43 bits per heavy atom. The first kappa shape index (κ1) is 23.4. The second kappa shape index (κ2) is 9.03. The third-order valence-corrected chi connectivity index (χ3v) is 7.80. The summed E-state index contributed by atoms with van der Waals surface area (Å²) in [5, 5.41) is 6.71. The zero-order valence-corrected chi connectivity index (χ0v) is 20.8. The first-order valence-corrected chi connectivity index (χ1v) is 13.5. The van der Waals surface area contributed by atoms with Gasteiger partial charge in [0.2, 0.25) is 0 Å². The number of nitrogens with one attached hydrogen (secondary N) is 3. The Morgan fingerprint density at radius 2 is 1.71 bits per heavy atom. The summed E-state index contributed by atoms with van der Waals surface area (Å²) in [7, 11) is -1.21. The number of sulfone groups is 1. The molecule has 3 aromatic rings. The average molecular weight is 494 g/mol. The molecule has 10 heteroatoms. The number of aliphatic imine (C=N–C) groups is 1. The molecule has 0 saturated carbocycles. The maximum atomic E-state index is 12.2. The van der Waals surface area contributed by atoms with Gasteiger partial charge in [0.05, 0.1) is 17.1 Å². The molecule has 1 unspecified atom stereocenters. The largest absolute Gasteiger partial charge is 0.369 e. The Labute approximate surface area is 206 Å². The smallest absolute Gasteiger partial charge is 0.190 e. The van der Waals surface area contributed by atoms with Gasteiger partial charge in [0.1, 0.15) is 5.69 Å². The number of hydrogen-bond donors (Lipinski definition) is 4. The van der Waals surface area contributed by atoms with Gasteiger partial charge in [-0.3, -0.25) is 10.7 Å². The van der Waals surface area contributed by atoms with E-state index in [9.17, 15) is 8.42 Å². The molecule has 9 nitrogen and oxygen atoms in total. The van der Waals surface area contributed by atoms with Gasteiger partial charge in [-0.05, 0) is 36.9 Å². The lowest BCUT2D eigenvalue weighted by Crippen LogP contribution is -2.61. The highest BCUT2D eigenvalue weighted by atomic mass is 32.2. The second-order valence-corrected chi connectivity index (χ2v) is 11.2. The Morgan fingerprint density at radius 1 is 1.00 bits per heavy atom. The van der Waals surface area contributed by atoms with Crippen molar-refractivity contribution in [2.75, 3.05) is 49.7 Å². The third kappa shape index (κ3) is 4.77. The molecule has 0 spiro atoms. The maximum Gasteiger partial charge on any atom is 0.190 e. The molecule has 1 fully saturated rings. The van der Waals surface area contributed by atoms with Gasteiger partial charge in [-0.15, -0.1) is 0 Å². The number of nitrogens with two attached hydrogens (primary N) is 1. The van der Waals surface area contributed by atoms with Crippen LogP contribution < -0.4 is 21.3 Å². The maximum absolute atomic E-state index is 12.2. The summed E-state index contributed by atoms with van der Waals surface area (Å²) in [6.07, 6.45) is 3.03. The summed E-state index contributed by atoms with van der Waals surface area (Å²) in [5.41, 5.74) is 11.1. The van der Waals surface area contributed by atoms with Crippen molar-refractivity contribution in [3.05, 3.63) is 77.6 Å². The minimum atomic E-state index is -3.36. The van der Waals surface area contributed by atoms with Crippen molar-refractivity contribution in [3.63, 3.8) is 0 Å². The van der Waals surface area contributed by atoms with Crippen LogP contribution in [-0.2, 0) is 22.2 Å². The third-order valence-electron chi connectivity index (χ3n) is 6.60. The van der Waals surface area contributed by atoms with E-state index < -0.39 is 15.6 Å². The number of likely N-dealkylation sites (N-methyl/N-ethyl adjacent to an activating group) is 1. The SMILES string of the molecule is CN1CCN(c2ccc(C3(N)NC(=NCc4ccccc4S(C)(=O)=O)c4[nH]ccc4N3)cc2)CC1. The number of benzene rings is 2. The molecule has 184 valence electrons. The van der Waals surface area contributed by atoms with E-state index in [2.05, 4.69) is 44.6 Å². The van der Waals surface area contributed by atoms with Crippen LogP contribution >= 0.6 is 0 Å². The van der Waals surface area contributed by atoms with Crippen LogP contribution in [0, 0.1) is 0 Å². The van der Waals surface area contributed by atoms with Gasteiger partial charge in [0.15, 0.2) is 21.5 Å². The molecule has 1 saturated heterocycles. The van der Waals surface area contributed by atoms with Crippen molar-refractivity contribution < 1.29 is 8.42 Å². The van der Waals surface area contributed by atoms with Crippen molar-refractivity contribution in [1.29, 1.82) is 0 Å². The first-order chi connectivity index (χ1) is 16.7. The van der Waals surface area contributed by atoms with E-state index in [1.807, 2.05) is 30.5 Å². The molecule has 1 aromatic heterocycles. The van der Waals surface area contributed by atoms with Crippen molar-refractivity contribution in [3.8, 4) is 0 Å². The highest BCUT2D eigenvalue weighted by Crippen LogP contribution is 2.29. The number of piperazine rings is 1. The molecule has 2 aliphatic heterocycles. The van der Waals surface area contributed by atoms with Gasteiger partial charge in [0, 0.05) is 49.9 Å². The number of anilines is 2. The Hall–Kier alpha value is -3.34. The van der Waals surface area contributed by atoms with Crippen LogP contribution in [-0.4, -0.2) is 63.6 Å². The lowest BCUT2D eigenvalue weighted by atomic mass is 10.0. The van der Waals surface area contributed by atoms with E-state index in [-0.39, 0.29) is 11.4 Å². The molecule has 0 bridgehead atoms. The topological polar surface area (TPSA) is 119 Å². The molecule has 5 N–H and O–H groups in total. The van der Waals surface area contributed by atoms with Crippen LogP contribution in [0.5, 0.6) is 0 Å². The average Bonchev–Trinajstić information content (AvgIpc) is 3.31. The van der Waals surface area contributed by atoms with Crippen LogP contribution in [0.2, 0.25) is 0 Å². The second-order valence-electron chi connectivity index (χ2n) is 9.21. The fourth-order valence-electron chi connectivity index (χ4n) is 4.59. The van der Waals surface area contributed by atoms with Gasteiger partial charge >= 0.3 is 0 Å². The molecule has 3 heterocycles. The fraction of sp³-hybridized carbons (Fsp3) is 0.320. The van der Waals surface area contributed by atoms with Crippen molar-refractivity contribution in [2.45, 2.75) is 17.2 Å². The predicted molar refractivity (Wildman–Crippen MR) is 139 cm³/mol. The van der Waals surface area contributed by atoms with Crippen LogP contribution in [0.15, 0.2) is 70.7 Å². The standard InChI is InChI=1S/C25H31N7O2S/c1-31-13-15-32(16-14-31)20-9-7-19(8-10-20)25(26)29-21-11-12-27-23(21)24(30-25)28-17-18-5-3-4-6-22(18)35(2,33)34/h3-12,27,29H,13-17,26H2,1-2H3,(H,28,30). The fourth-order valence-corrected chi connectivity index (χ4v) is 5.52. The molecule has 0 aliphatic carbocycles. The number of H-pyrrole nitrogens is 1. The lowest BCUT2D eigenvalue weighted by Gasteiger charge is -2.38. The lowest BCUT2D eigenvalue weighted by molar-refractivity contribution is 0.313. The first-order valence-electron chi connectivity index (χ1n) is 11.6. The van der Waals surface area contributed by atoms with Gasteiger partial charge < -0.3 is 25.4 Å². The molecule has 2 aliphatic rings. The number of hydrogen-bond acceptors (Lipinski definition) is 7. The highest BCUT2D eigenvalue weighted by Gasteiger charge is 2.35. The van der Waals surface area contributed by atoms with E-state index in [1.165, 1.54) is 11.9 Å². The Kier molecular flexibility index (Phi) is 6.04. The number of amidine groups is 1. The summed E-state index contributed by atoms with van der Waals surface area (Å²) in [6.45, 7) is 4.29. The molecule has 5 rings (SSSR count). The van der Waals surface area contributed by atoms with Crippen molar-refractivity contribution in [2.24, 2.45) is 10.7 Å². The van der Waals surface area contributed by atoms with E-state index in [1.54, 1.807) is 18.2 Å². The monoisotopic (exact) mass is 493 g/mol. The number of nitrogens with zero attached hydrogens (tertiary/aromatic N) is 3. The summed E-state index contributed by atoms with van der Waals surface area (Å²) in [4.78, 5) is 12.9. The van der Waals surface area contributed by atoms with E-state index in [4.69, 9.17) is 10.7 Å². The van der Waals surface area contributed by atoms with Crippen LogP contribution in [0.3, 0.4) is 0 Å². The van der Waals surface area contributed by atoms with E-state index in [0.29, 0.717) is 11.4 Å². The van der Waals surface area contributed by atoms with E-state index >= 15 is 0 Å². The number of rotatable bonds is 5. The molecule has 2 aromatic carbocycles. The van der Waals surface area contributed by atoms with Crippen LogP contribution in [0.25, 0.3) is 0 Å². The zero-order chi connectivity index (χ0) is 24.6. The number of fused-ring (bicyclic) bond motifs is 1.